The van der Waals surface area contributed by atoms with E-state index in [0.29, 0.717) is 11.1 Å². The van der Waals surface area contributed by atoms with Gasteiger partial charge in [-0.05, 0) is 83.6 Å². The van der Waals surface area contributed by atoms with Crippen LogP contribution in [0, 0.1) is 6.92 Å². The second kappa shape index (κ2) is 12.5. The van der Waals surface area contributed by atoms with E-state index in [1.807, 2.05) is 13.8 Å². The summed E-state index contributed by atoms with van der Waals surface area (Å²) in [6.45, 7) is 11.0. The van der Waals surface area contributed by atoms with Gasteiger partial charge in [0.1, 0.15) is 23.4 Å². The quantitative estimate of drug-likeness (QED) is 0.354. The number of carbonyl (C=O) groups is 3. The van der Waals surface area contributed by atoms with E-state index in [-0.39, 0.29) is 35.4 Å². The van der Waals surface area contributed by atoms with E-state index < -0.39 is 23.8 Å². The van der Waals surface area contributed by atoms with Crippen molar-refractivity contribution in [1.29, 1.82) is 0 Å². The molecule has 196 valence electrons. The summed E-state index contributed by atoms with van der Waals surface area (Å²) in [6, 6.07) is 2.87. The third-order valence-electron chi connectivity index (χ3n) is 6.07. The Bertz CT molecular complexity index is 897. The zero-order valence-electron chi connectivity index (χ0n) is 21.8. The van der Waals surface area contributed by atoms with E-state index in [2.05, 4.69) is 23.3 Å². The van der Waals surface area contributed by atoms with E-state index in [4.69, 9.17) is 4.74 Å². The lowest BCUT2D eigenvalue weighted by Gasteiger charge is -2.43. The van der Waals surface area contributed by atoms with Gasteiger partial charge in [0.2, 0.25) is 11.8 Å². The Morgan fingerprint density at radius 2 is 1.89 bits per heavy atom. The molecule has 2 rings (SSSR count). The number of phenolic OH excluding ortho intramolecular Hbond substituents is 1. The van der Waals surface area contributed by atoms with Crippen LogP contribution in [0.25, 0.3) is 0 Å². The third kappa shape index (κ3) is 8.05. The Labute approximate surface area is 214 Å². The van der Waals surface area contributed by atoms with Crippen LogP contribution >= 0.6 is 12.6 Å². The minimum absolute atomic E-state index is 0.0521. The number of hydrogen-bond donors (Lipinski definition) is 4. The largest absolute Gasteiger partial charge is 0.508 e. The molecule has 0 heterocycles. The lowest BCUT2D eigenvalue weighted by Crippen LogP contribution is -2.58. The molecule has 1 aliphatic carbocycles. The highest BCUT2D eigenvalue weighted by atomic mass is 32.1. The van der Waals surface area contributed by atoms with Crippen LogP contribution in [-0.2, 0) is 14.3 Å². The van der Waals surface area contributed by atoms with Crippen molar-refractivity contribution in [3.05, 3.63) is 29.3 Å². The van der Waals surface area contributed by atoms with Gasteiger partial charge in [-0.3, -0.25) is 9.59 Å². The standard InChI is InChI=1S/C26H41N3O5S/c1-7-9-17(3)27-23(31)22(18-12-13-21(30)16(2)14-18)29(19-10-8-11-19)24(32)20(15-35)28-25(33)34-26(4,5)6/h12-14,17,19-20,22,30,35H,7-11,15H2,1-6H3,(H,27,31)(H,28,33). The Balaban J connectivity index is 2.45. The van der Waals surface area contributed by atoms with E-state index in [1.54, 1.807) is 50.8 Å². The van der Waals surface area contributed by atoms with Gasteiger partial charge in [0.05, 0.1) is 0 Å². The monoisotopic (exact) mass is 507 g/mol. The SMILES string of the molecule is CCCC(C)NC(=O)C(c1ccc(O)c(C)c1)N(C(=O)C(CS)NC(=O)OC(C)(C)C)C1CCC1. The first-order valence-corrected chi connectivity index (χ1v) is 13.0. The summed E-state index contributed by atoms with van der Waals surface area (Å²) < 4.78 is 5.34. The first-order valence-electron chi connectivity index (χ1n) is 12.4. The van der Waals surface area contributed by atoms with Gasteiger partial charge < -0.3 is 25.4 Å². The Hall–Kier alpha value is -2.42. The summed E-state index contributed by atoms with van der Waals surface area (Å²) in [5, 5.41) is 15.7. The molecular formula is C26H41N3O5S. The number of amides is 3. The van der Waals surface area contributed by atoms with Crippen molar-refractivity contribution in [2.24, 2.45) is 0 Å². The number of benzene rings is 1. The lowest BCUT2D eigenvalue weighted by molar-refractivity contribution is -0.147. The Kier molecular flexibility index (Phi) is 10.3. The second-order valence-corrected chi connectivity index (χ2v) is 10.7. The number of carbonyl (C=O) groups excluding carboxylic acids is 3. The molecule has 0 aliphatic heterocycles. The summed E-state index contributed by atoms with van der Waals surface area (Å²) in [5.74, 6) is -0.499. The zero-order chi connectivity index (χ0) is 26.3. The molecule has 3 unspecified atom stereocenters. The fourth-order valence-electron chi connectivity index (χ4n) is 4.11. The van der Waals surface area contributed by atoms with Gasteiger partial charge in [-0.2, -0.15) is 12.6 Å². The van der Waals surface area contributed by atoms with E-state index in [9.17, 15) is 19.5 Å². The van der Waals surface area contributed by atoms with Crippen LogP contribution in [0.2, 0.25) is 0 Å². The Morgan fingerprint density at radius 3 is 2.37 bits per heavy atom. The summed E-state index contributed by atoms with van der Waals surface area (Å²) in [6.07, 6.45) is 3.50. The molecule has 1 aromatic rings. The van der Waals surface area contributed by atoms with Crippen LogP contribution in [0.3, 0.4) is 0 Å². The molecule has 0 spiro atoms. The molecule has 0 aromatic heterocycles. The number of aromatic hydroxyl groups is 1. The number of nitrogens with zero attached hydrogens (tertiary/aromatic N) is 1. The van der Waals surface area contributed by atoms with E-state index in [1.165, 1.54) is 0 Å². The fraction of sp³-hybridized carbons (Fsp3) is 0.654. The minimum atomic E-state index is -0.963. The van der Waals surface area contributed by atoms with Crippen LogP contribution in [0.4, 0.5) is 4.79 Å². The van der Waals surface area contributed by atoms with Crippen LogP contribution in [0.1, 0.15) is 83.9 Å². The average molecular weight is 508 g/mol. The number of nitrogens with one attached hydrogen (secondary N) is 2. The van der Waals surface area contributed by atoms with Crippen molar-refractivity contribution >= 4 is 30.5 Å². The van der Waals surface area contributed by atoms with Crippen molar-refractivity contribution < 1.29 is 24.2 Å². The first-order chi connectivity index (χ1) is 16.4. The number of rotatable bonds is 10. The molecule has 3 N–H and O–H groups in total. The molecule has 1 aliphatic rings. The number of alkyl carbamates (subject to hydrolysis) is 1. The van der Waals surface area contributed by atoms with Crippen molar-refractivity contribution in [3.63, 3.8) is 0 Å². The van der Waals surface area contributed by atoms with Gasteiger partial charge in [0, 0.05) is 17.8 Å². The molecule has 3 atom stereocenters. The van der Waals surface area contributed by atoms with Gasteiger partial charge in [0.25, 0.3) is 0 Å². The normalized spacial score (nSPS) is 16.4. The molecule has 8 nitrogen and oxygen atoms in total. The maximum Gasteiger partial charge on any atom is 0.408 e. The molecule has 1 aromatic carbocycles. The molecule has 3 amide bonds. The van der Waals surface area contributed by atoms with Crippen LogP contribution in [-0.4, -0.2) is 57.4 Å². The molecule has 9 heteroatoms. The second-order valence-electron chi connectivity index (χ2n) is 10.4. The summed E-state index contributed by atoms with van der Waals surface area (Å²) in [4.78, 5) is 41.5. The maximum atomic E-state index is 13.9. The van der Waals surface area contributed by atoms with Crippen molar-refractivity contribution in [2.75, 3.05) is 5.75 Å². The van der Waals surface area contributed by atoms with Gasteiger partial charge >= 0.3 is 6.09 Å². The van der Waals surface area contributed by atoms with Gasteiger partial charge in [-0.15, -0.1) is 0 Å². The molecule has 0 radical (unpaired) electrons. The van der Waals surface area contributed by atoms with Gasteiger partial charge in [-0.1, -0.05) is 19.4 Å². The van der Waals surface area contributed by atoms with Crippen molar-refractivity contribution in [3.8, 4) is 5.75 Å². The summed E-state index contributed by atoms with van der Waals surface area (Å²) in [7, 11) is 0. The van der Waals surface area contributed by atoms with Crippen LogP contribution in [0.15, 0.2) is 18.2 Å². The molecule has 0 saturated heterocycles. The molecule has 0 bridgehead atoms. The average Bonchev–Trinajstić information content (AvgIpc) is 2.71. The predicted octanol–water partition coefficient (Wildman–Crippen LogP) is 4.25. The van der Waals surface area contributed by atoms with Crippen molar-refractivity contribution in [1.82, 2.24) is 15.5 Å². The highest BCUT2D eigenvalue weighted by molar-refractivity contribution is 7.80. The van der Waals surface area contributed by atoms with E-state index >= 15 is 0 Å². The number of phenols is 1. The zero-order valence-corrected chi connectivity index (χ0v) is 22.7. The molecule has 1 saturated carbocycles. The molecule has 1 fully saturated rings. The lowest BCUT2D eigenvalue weighted by atomic mass is 9.87. The Morgan fingerprint density at radius 1 is 1.23 bits per heavy atom. The number of aryl methyl sites for hydroxylation is 1. The predicted molar refractivity (Wildman–Crippen MR) is 140 cm³/mol. The highest BCUT2D eigenvalue weighted by Gasteiger charge is 2.42. The number of hydrogen-bond acceptors (Lipinski definition) is 6. The van der Waals surface area contributed by atoms with Crippen LogP contribution < -0.4 is 10.6 Å². The topological polar surface area (TPSA) is 108 Å². The van der Waals surface area contributed by atoms with E-state index in [0.717, 1.165) is 32.1 Å². The fourth-order valence-corrected chi connectivity index (χ4v) is 4.36. The highest BCUT2D eigenvalue weighted by Crippen LogP contribution is 2.35. The molecular weight excluding hydrogens is 466 g/mol. The van der Waals surface area contributed by atoms with Gasteiger partial charge in [0.15, 0.2) is 0 Å². The van der Waals surface area contributed by atoms with Crippen LogP contribution in [0.5, 0.6) is 5.75 Å². The maximum absolute atomic E-state index is 13.9. The minimum Gasteiger partial charge on any atom is -0.508 e. The van der Waals surface area contributed by atoms with Gasteiger partial charge in [-0.25, -0.2) is 4.79 Å². The smallest absolute Gasteiger partial charge is 0.408 e. The summed E-state index contributed by atoms with van der Waals surface area (Å²) >= 11 is 4.32. The summed E-state index contributed by atoms with van der Waals surface area (Å²) in [5.41, 5.74) is 0.501. The first kappa shape index (κ1) is 28.8. The van der Waals surface area contributed by atoms with Crippen molar-refractivity contribution in [2.45, 2.75) is 103 Å². The number of thiol groups is 1. The molecule has 35 heavy (non-hydrogen) atoms. The third-order valence-corrected chi connectivity index (χ3v) is 6.43. The number of ether oxygens (including phenoxy) is 1.